The fraction of sp³-hybridized carbons (Fsp3) is 0.333. The fourth-order valence-corrected chi connectivity index (χ4v) is 4.88. The van der Waals surface area contributed by atoms with Crippen molar-refractivity contribution in [2.75, 3.05) is 0 Å². The minimum absolute atomic E-state index is 0.126. The smallest absolute Gasteiger partial charge is 0.275 e. The van der Waals surface area contributed by atoms with Crippen LogP contribution in [0.4, 0.5) is 0 Å². The molecular formula is C24H25ClN4O2S. The van der Waals surface area contributed by atoms with Crippen LogP contribution in [0.5, 0.6) is 0 Å². The summed E-state index contributed by atoms with van der Waals surface area (Å²) in [5.41, 5.74) is 0.907. The van der Waals surface area contributed by atoms with Gasteiger partial charge in [0.05, 0.1) is 12.7 Å². The molecule has 1 atom stereocenters. The van der Waals surface area contributed by atoms with Gasteiger partial charge in [-0.3, -0.25) is 14.6 Å². The van der Waals surface area contributed by atoms with Crippen LogP contribution in [0.25, 0.3) is 0 Å². The normalized spacial score (nSPS) is 15.2. The van der Waals surface area contributed by atoms with E-state index < -0.39 is 6.04 Å². The summed E-state index contributed by atoms with van der Waals surface area (Å²) in [5.74, 6) is -0.529. The van der Waals surface area contributed by atoms with E-state index in [1.165, 1.54) is 25.0 Å². The number of halogens is 1. The highest BCUT2D eigenvalue weighted by atomic mass is 35.5. The maximum atomic E-state index is 13.6. The molecule has 0 aliphatic heterocycles. The average Bonchev–Trinajstić information content (AvgIpc) is 3.34. The molecule has 166 valence electrons. The van der Waals surface area contributed by atoms with Crippen molar-refractivity contribution >= 4 is 34.8 Å². The standard InChI is InChI=1S/C24H25ClN4O2S/c25-18-10-8-17(9-11-18)22(23(30)28-19-5-2-1-3-6-19)29(16-20-7-4-14-32-20)24(31)21-15-26-12-13-27-21/h4,7-15,19,22H,1-3,5-6,16H2,(H,28,30)/t22-/m0/s1. The third-order valence-electron chi connectivity index (χ3n) is 5.65. The van der Waals surface area contributed by atoms with Gasteiger partial charge in [0.15, 0.2) is 0 Å². The molecule has 2 amide bonds. The second kappa shape index (κ2) is 10.7. The average molecular weight is 469 g/mol. The summed E-state index contributed by atoms with van der Waals surface area (Å²) in [5, 5.41) is 5.73. The van der Waals surface area contributed by atoms with Crippen LogP contribution in [0.3, 0.4) is 0 Å². The Hall–Kier alpha value is -2.77. The number of nitrogens with zero attached hydrogens (tertiary/aromatic N) is 3. The molecule has 4 rings (SSSR count). The van der Waals surface area contributed by atoms with Crippen molar-refractivity contribution < 1.29 is 9.59 Å². The molecule has 0 bridgehead atoms. The number of amides is 2. The first-order valence-electron chi connectivity index (χ1n) is 10.8. The maximum absolute atomic E-state index is 13.6. The number of aromatic nitrogens is 2. The van der Waals surface area contributed by atoms with Gasteiger partial charge in [-0.25, -0.2) is 4.98 Å². The topological polar surface area (TPSA) is 75.2 Å². The molecule has 0 radical (unpaired) electrons. The van der Waals surface area contributed by atoms with Gasteiger partial charge < -0.3 is 10.2 Å². The van der Waals surface area contributed by atoms with Crippen LogP contribution in [-0.4, -0.2) is 32.7 Å². The van der Waals surface area contributed by atoms with Gasteiger partial charge in [0.25, 0.3) is 5.91 Å². The van der Waals surface area contributed by atoms with Crippen LogP contribution in [0.15, 0.2) is 60.4 Å². The lowest BCUT2D eigenvalue weighted by Crippen LogP contribution is -2.47. The summed E-state index contributed by atoms with van der Waals surface area (Å²) in [7, 11) is 0. The monoisotopic (exact) mass is 468 g/mol. The lowest BCUT2D eigenvalue weighted by Gasteiger charge is -2.33. The lowest BCUT2D eigenvalue weighted by molar-refractivity contribution is -0.127. The molecule has 2 aromatic heterocycles. The Balaban J connectivity index is 1.71. The molecule has 1 aromatic carbocycles. The second-order valence-corrected chi connectivity index (χ2v) is 9.37. The Morgan fingerprint density at radius 1 is 1.12 bits per heavy atom. The van der Waals surface area contributed by atoms with E-state index in [9.17, 15) is 9.59 Å². The third-order valence-corrected chi connectivity index (χ3v) is 6.76. The molecule has 1 saturated carbocycles. The van der Waals surface area contributed by atoms with Gasteiger partial charge in [-0.1, -0.05) is 49.1 Å². The number of carbonyl (C=O) groups excluding carboxylic acids is 2. The summed E-state index contributed by atoms with van der Waals surface area (Å²) in [6, 6.07) is 10.3. The van der Waals surface area contributed by atoms with Crippen LogP contribution >= 0.6 is 22.9 Å². The quantitative estimate of drug-likeness (QED) is 0.528. The van der Waals surface area contributed by atoms with E-state index in [2.05, 4.69) is 15.3 Å². The van der Waals surface area contributed by atoms with Crippen LogP contribution in [0, 0.1) is 0 Å². The molecule has 0 unspecified atom stereocenters. The van der Waals surface area contributed by atoms with E-state index in [-0.39, 0.29) is 23.6 Å². The van der Waals surface area contributed by atoms with E-state index in [4.69, 9.17) is 11.6 Å². The first-order chi connectivity index (χ1) is 15.6. The maximum Gasteiger partial charge on any atom is 0.275 e. The second-order valence-electron chi connectivity index (χ2n) is 7.90. The predicted octanol–water partition coefficient (Wildman–Crippen LogP) is 5.02. The summed E-state index contributed by atoms with van der Waals surface area (Å²) in [4.78, 5) is 38.0. The van der Waals surface area contributed by atoms with Gasteiger partial charge in [-0.05, 0) is 42.0 Å². The van der Waals surface area contributed by atoms with Crippen molar-refractivity contribution in [2.24, 2.45) is 0 Å². The van der Waals surface area contributed by atoms with Crippen LogP contribution < -0.4 is 5.32 Å². The minimum Gasteiger partial charge on any atom is -0.351 e. The lowest BCUT2D eigenvalue weighted by atomic mass is 9.94. The number of rotatable bonds is 7. The molecule has 1 aliphatic carbocycles. The van der Waals surface area contributed by atoms with Crippen molar-refractivity contribution in [2.45, 2.75) is 50.7 Å². The minimum atomic E-state index is -0.814. The molecule has 0 saturated heterocycles. The van der Waals surface area contributed by atoms with Crippen LogP contribution in [0.2, 0.25) is 5.02 Å². The van der Waals surface area contributed by atoms with E-state index in [1.807, 2.05) is 17.5 Å². The highest BCUT2D eigenvalue weighted by Crippen LogP contribution is 2.28. The molecule has 2 heterocycles. The van der Waals surface area contributed by atoms with Crippen molar-refractivity contribution in [3.8, 4) is 0 Å². The van der Waals surface area contributed by atoms with Gasteiger partial charge in [0.2, 0.25) is 5.91 Å². The zero-order valence-corrected chi connectivity index (χ0v) is 19.2. The zero-order chi connectivity index (χ0) is 22.3. The zero-order valence-electron chi connectivity index (χ0n) is 17.6. The molecule has 0 spiro atoms. The first kappa shape index (κ1) is 22.4. The number of hydrogen-bond donors (Lipinski definition) is 1. The molecule has 1 aliphatic rings. The highest BCUT2D eigenvalue weighted by Gasteiger charge is 2.34. The summed E-state index contributed by atoms with van der Waals surface area (Å²) >= 11 is 7.65. The molecule has 1 fully saturated rings. The molecule has 6 nitrogen and oxygen atoms in total. The summed E-state index contributed by atoms with van der Waals surface area (Å²) < 4.78 is 0. The Morgan fingerprint density at radius 3 is 2.56 bits per heavy atom. The van der Waals surface area contributed by atoms with Crippen LogP contribution in [0.1, 0.15) is 59.1 Å². The van der Waals surface area contributed by atoms with Gasteiger partial charge in [-0.15, -0.1) is 11.3 Å². The van der Waals surface area contributed by atoms with Crippen molar-refractivity contribution in [3.05, 3.63) is 81.5 Å². The van der Waals surface area contributed by atoms with Gasteiger partial charge >= 0.3 is 0 Å². The van der Waals surface area contributed by atoms with Gasteiger partial charge in [-0.2, -0.15) is 0 Å². The van der Waals surface area contributed by atoms with Crippen molar-refractivity contribution in [1.82, 2.24) is 20.2 Å². The van der Waals surface area contributed by atoms with E-state index in [0.29, 0.717) is 17.1 Å². The number of carbonyl (C=O) groups is 2. The Labute approximate surface area is 196 Å². The molecular weight excluding hydrogens is 444 g/mol. The van der Waals surface area contributed by atoms with Crippen molar-refractivity contribution in [1.29, 1.82) is 0 Å². The Bertz CT molecular complexity index is 1020. The fourth-order valence-electron chi connectivity index (χ4n) is 4.05. The van der Waals surface area contributed by atoms with E-state index >= 15 is 0 Å². The third kappa shape index (κ3) is 5.53. The molecule has 1 N–H and O–H groups in total. The number of nitrogens with one attached hydrogen (secondary N) is 1. The van der Waals surface area contributed by atoms with Gasteiger partial charge in [0, 0.05) is 28.3 Å². The highest BCUT2D eigenvalue weighted by molar-refractivity contribution is 7.09. The largest absolute Gasteiger partial charge is 0.351 e. The van der Waals surface area contributed by atoms with Crippen LogP contribution in [-0.2, 0) is 11.3 Å². The molecule has 3 aromatic rings. The number of benzene rings is 1. The Morgan fingerprint density at radius 2 is 1.91 bits per heavy atom. The SMILES string of the molecule is O=C(NC1CCCCC1)[C@H](c1ccc(Cl)cc1)N(Cc1cccs1)C(=O)c1cnccn1. The predicted molar refractivity (Wildman–Crippen MR) is 125 cm³/mol. The number of thiophene rings is 1. The van der Waals surface area contributed by atoms with Gasteiger partial charge in [0.1, 0.15) is 11.7 Å². The number of hydrogen-bond acceptors (Lipinski definition) is 5. The molecule has 8 heteroatoms. The summed E-state index contributed by atoms with van der Waals surface area (Å²) in [6.45, 7) is 0.290. The molecule has 32 heavy (non-hydrogen) atoms. The van der Waals surface area contributed by atoms with Crippen molar-refractivity contribution in [3.63, 3.8) is 0 Å². The first-order valence-corrected chi connectivity index (χ1v) is 12.0. The van der Waals surface area contributed by atoms with E-state index in [1.54, 1.807) is 40.5 Å². The summed E-state index contributed by atoms with van der Waals surface area (Å²) in [6.07, 6.45) is 9.76. The van der Waals surface area contributed by atoms with E-state index in [0.717, 1.165) is 30.6 Å². The Kier molecular flexibility index (Phi) is 7.50.